The van der Waals surface area contributed by atoms with Crippen molar-refractivity contribution in [2.75, 3.05) is 38.2 Å². The average molecular weight is 597 g/mol. The molecule has 5 atom stereocenters. The van der Waals surface area contributed by atoms with E-state index in [1.807, 2.05) is 31.3 Å². The van der Waals surface area contributed by atoms with E-state index in [1.165, 1.54) is 11.1 Å². The summed E-state index contributed by atoms with van der Waals surface area (Å²) in [6.45, 7) is 8.35. The number of hydrogen-bond acceptors (Lipinski definition) is 7. The van der Waals surface area contributed by atoms with Crippen molar-refractivity contribution in [2.24, 2.45) is 22.2 Å². The number of ether oxygens (including phenoxy) is 1. The third kappa shape index (κ3) is 7.68. The maximum Gasteiger partial charge on any atom is 0.219 e. The first-order chi connectivity index (χ1) is 20.2. The van der Waals surface area contributed by atoms with Crippen molar-refractivity contribution in [3.63, 3.8) is 0 Å². The Hall–Kier alpha value is -3.00. The van der Waals surface area contributed by atoms with E-state index in [0.29, 0.717) is 19.1 Å². The molecule has 9 heteroatoms. The van der Waals surface area contributed by atoms with E-state index in [4.69, 9.17) is 16.3 Å². The van der Waals surface area contributed by atoms with Gasteiger partial charge in [-0.05, 0) is 98.2 Å². The van der Waals surface area contributed by atoms with Crippen LogP contribution >= 0.6 is 11.6 Å². The van der Waals surface area contributed by atoms with Gasteiger partial charge in [0.15, 0.2) is 0 Å². The number of rotatable bonds is 14. The molecule has 0 bridgehead atoms. The summed E-state index contributed by atoms with van der Waals surface area (Å²) < 4.78 is 6.43. The number of anilines is 1. The number of unbranched alkanes of at least 4 members (excludes halogenated alkanes) is 1. The molecule has 42 heavy (non-hydrogen) atoms. The zero-order valence-corrected chi connectivity index (χ0v) is 26.2. The molecular formula is C33H45ClN4O4. The quantitative estimate of drug-likeness (QED) is 0.163. The van der Waals surface area contributed by atoms with E-state index in [9.17, 15) is 14.6 Å². The molecule has 2 aliphatic rings. The van der Waals surface area contributed by atoms with Gasteiger partial charge in [0.05, 0.1) is 18.3 Å². The second-order valence-corrected chi connectivity index (χ2v) is 12.6. The number of halogens is 1. The fraction of sp³-hybridized carbons (Fsp3) is 0.606. The zero-order valence-electron chi connectivity index (χ0n) is 25.4. The van der Waals surface area contributed by atoms with E-state index in [-0.39, 0.29) is 23.8 Å². The van der Waals surface area contributed by atoms with E-state index in [2.05, 4.69) is 34.3 Å². The van der Waals surface area contributed by atoms with Crippen molar-refractivity contribution in [1.82, 2.24) is 4.90 Å². The third-order valence-corrected chi connectivity index (χ3v) is 9.49. The number of benzene rings is 2. The van der Waals surface area contributed by atoms with Crippen molar-refractivity contribution >= 4 is 23.2 Å². The minimum Gasteiger partial charge on any atom is -0.491 e. The molecule has 2 aromatic carbocycles. The second-order valence-electron chi connectivity index (χ2n) is 12.1. The number of nitrogens with zero attached hydrogens (tertiary/aromatic N) is 4. The van der Waals surface area contributed by atoms with Gasteiger partial charge in [-0.3, -0.25) is 4.79 Å². The molecule has 1 saturated carbocycles. The fourth-order valence-corrected chi connectivity index (χ4v) is 6.66. The summed E-state index contributed by atoms with van der Waals surface area (Å²) in [6.07, 6.45) is 6.51. The third-order valence-electron chi connectivity index (χ3n) is 9.25. The van der Waals surface area contributed by atoms with Crippen LogP contribution in [0.2, 0.25) is 5.02 Å². The van der Waals surface area contributed by atoms with Crippen LogP contribution in [0, 0.1) is 21.6 Å². The zero-order chi connectivity index (χ0) is 30.2. The van der Waals surface area contributed by atoms with Gasteiger partial charge in [-0.25, -0.2) is 0 Å². The van der Waals surface area contributed by atoms with Gasteiger partial charge in [0.1, 0.15) is 11.8 Å². The van der Waals surface area contributed by atoms with Crippen LogP contribution in [0.3, 0.4) is 0 Å². The number of aryl methyl sites for hydroxylation is 1. The molecule has 1 amide bonds. The highest BCUT2D eigenvalue weighted by Gasteiger charge is 2.40. The molecule has 8 nitrogen and oxygen atoms in total. The van der Waals surface area contributed by atoms with Gasteiger partial charge in [-0.2, -0.15) is 9.81 Å². The Morgan fingerprint density at radius 1 is 1.14 bits per heavy atom. The summed E-state index contributed by atoms with van der Waals surface area (Å²) in [5, 5.41) is 7.59. The summed E-state index contributed by atoms with van der Waals surface area (Å²) in [7, 11) is 1.81. The predicted octanol–water partition coefficient (Wildman–Crippen LogP) is 7.91. The molecule has 1 aliphatic carbocycles. The van der Waals surface area contributed by atoms with Gasteiger partial charge in [-0.1, -0.05) is 47.4 Å². The summed E-state index contributed by atoms with van der Waals surface area (Å²) >= 11 is 6.39. The second kappa shape index (κ2) is 14.9. The fourth-order valence-electron chi connectivity index (χ4n) is 6.47. The molecule has 1 heterocycles. The van der Waals surface area contributed by atoms with Crippen LogP contribution in [-0.4, -0.2) is 50.1 Å². The maximum absolute atomic E-state index is 12.0. The number of nitroso groups, excluding NO2 is 2. The van der Waals surface area contributed by atoms with Crippen LogP contribution in [0.4, 0.5) is 5.69 Å². The topological polar surface area (TPSA) is 91.6 Å². The Balaban J connectivity index is 1.55. The van der Waals surface area contributed by atoms with Crippen molar-refractivity contribution in [2.45, 2.75) is 83.7 Å². The highest BCUT2D eigenvalue weighted by Crippen LogP contribution is 2.44. The van der Waals surface area contributed by atoms with Gasteiger partial charge < -0.3 is 14.5 Å². The lowest BCUT2D eigenvalue weighted by Crippen LogP contribution is -2.44. The molecule has 0 radical (unpaired) electrons. The van der Waals surface area contributed by atoms with E-state index in [1.54, 1.807) is 18.7 Å². The van der Waals surface area contributed by atoms with Crippen LogP contribution in [-0.2, 0) is 11.2 Å². The molecule has 4 rings (SSSR count). The Labute approximate surface area is 255 Å². The Morgan fingerprint density at radius 3 is 2.62 bits per heavy atom. The number of hydrogen-bond donors (Lipinski definition) is 0. The van der Waals surface area contributed by atoms with Crippen LogP contribution in [0.15, 0.2) is 46.8 Å². The van der Waals surface area contributed by atoms with Crippen molar-refractivity contribution in [1.29, 1.82) is 0 Å². The van der Waals surface area contributed by atoms with Gasteiger partial charge >= 0.3 is 0 Å². The number of carbonyl (C=O) groups excluding carboxylic acids is 1. The average Bonchev–Trinajstić information content (AvgIpc) is 3.15. The summed E-state index contributed by atoms with van der Waals surface area (Å²) in [5.74, 6) is 1.58. The first-order valence-corrected chi connectivity index (χ1v) is 15.8. The lowest BCUT2D eigenvalue weighted by atomic mass is 9.68. The van der Waals surface area contributed by atoms with Gasteiger partial charge in [0.25, 0.3) is 0 Å². The molecular weight excluding hydrogens is 552 g/mol. The van der Waals surface area contributed by atoms with E-state index in [0.717, 1.165) is 80.1 Å². The van der Waals surface area contributed by atoms with Crippen LogP contribution in [0.1, 0.15) is 87.9 Å². The maximum atomic E-state index is 12.0. The molecule has 5 unspecified atom stereocenters. The van der Waals surface area contributed by atoms with Crippen molar-refractivity contribution in [3.8, 4) is 5.75 Å². The lowest BCUT2D eigenvalue weighted by Gasteiger charge is -2.43. The van der Waals surface area contributed by atoms with Gasteiger partial charge in [-0.15, -0.1) is 0 Å². The van der Waals surface area contributed by atoms with Crippen LogP contribution in [0.25, 0.3) is 0 Å². The Bertz CT molecular complexity index is 1240. The van der Waals surface area contributed by atoms with Crippen LogP contribution in [0.5, 0.6) is 5.75 Å². The molecule has 0 spiro atoms. The lowest BCUT2D eigenvalue weighted by molar-refractivity contribution is -0.127. The molecule has 1 aliphatic heterocycles. The van der Waals surface area contributed by atoms with Crippen molar-refractivity contribution < 1.29 is 9.53 Å². The molecule has 228 valence electrons. The smallest absolute Gasteiger partial charge is 0.219 e. The van der Waals surface area contributed by atoms with E-state index < -0.39 is 6.04 Å². The highest BCUT2D eigenvalue weighted by molar-refractivity contribution is 6.30. The first kappa shape index (κ1) is 31.9. The number of carbonyl (C=O) groups is 1. The first-order valence-electron chi connectivity index (χ1n) is 15.4. The van der Waals surface area contributed by atoms with Gasteiger partial charge in [0.2, 0.25) is 5.91 Å². The minimum absolute atomic E-state index is 0.0565. The minimum atomic E-state index is -0.453. The number of amides is 1. The molecule has 0 aromatic heterocycles. The van der Waals surface area contributed by atoms with E-state index >= 15 is 0 Å². The standard InChI is InChI=1S/C33H45ClN4O4/c1-5-8-25-17-28(34)12-14-29(25)27-20-38(32-18-24(22(2)35-40)11-15-33(32)42-21-27)19-26-10-13-30(26)31(36-41)9-6-7-16-37(4)23(3)39/h11-12,14-15,17-18,22,26-27,30-31H,5-10,13,16,19-21H2,1-4H3. The summed E-state index contributed by atoms with van der Waals surface area (Å²) in [5.41, 5.74) is 4.36. The molecule has 1 fully saturated rings. The Kier molecular flexibility index (Phi) is 11.4. The Morgan fingerprint density at radius 2 is 1.95 bits per heavy atom. The molecule has 0 N–H and O–H groups in total. The van der Waals surface area contributed by atoms with Crippen molar-refractivity contribution in [3.05, 3.63) is 67.9 Å². The molecule has 2 aromatic rings. The molecule has 0 saturated heterocycles. The normalized spacial score (nSPS) is 21.3. The largest absolute Gasteiger partial charge is 0.491 e. The predicted molar refractivity (Wildman–Crippen MR) is 170 cm³/mol. The SMILES string of the molecule is CCCc1cc(Cl)ccc1C1COc2ccc(C(C)N=O)cc2N(CC2CCC2C(CCCCN(C)C(C)=O)N=O)C1. The van der Waals surface area contributed by atoms with Gasteiger partial charge in [0, 0.05) is 44.5 Å². The highest BCUT2D eigenvalue weighted by atomic mass is 35.5. The monoisotopic (exact) mass is 596 g/mol. The number of fused-ring (bicyclic) bond motifs is 1. The van der Waals surface area contributed by atoms with Crippen LogP contribution < -0.4 is 9.64 Å². The summed E-state index contributed by atoms with van der Waals surface area (Å²) in [6, 6.07) is 11.4. The summed E-state index contributed by atoms with van der Waals surface area (Å²) in [4.78, 5) is 39.0.